The van der Waals surface area contributed by atoms with Gasteiger partial charge in [-0.25, -0.2) is 0 Å². The third-order valence-electron chi connectivity index (χ3n) is 3.47. The molecule has 0 atom stereocenters. The molecule has 96 valence electrons. The second kappa shape index (κ2) is 4.67. The van der Waals surface area contributed by atoms with Gasteiger partial charge >= 0.3 is 0 Å². The monoisotopic (exact) mass is 260 g/mol. The first-order valence-corrected chi connectivity index (χ1v) is 6.31. The molecule has 0 spiro atoms. The molecule has 0 radical (unpaired) electrons. The average molecular weight is 260 g/mol. The smallest absolute Gasteiger partial charge is 0.207 e. The molecule has 0 saturated carbocycles. The van der Waals surface area contributed by atoms with Crippen LogP contribution in [0.25, 0.3) is 22.2 Å². The Morgan fingerprint density at radius 2 is 1.65 bits per heavy atom. The van der Waals surface area contributed by atoms with Gasteiger partial charge in [-0.2, -0.15) is 5.26 Å². The summed E-state index contributed by atoms with van der Waals surface area (Å²) >= 11 is 0. The van der Waals surface area contributed by atoms with Crippen LogP contribution in [0.4, 0.5) is 0 Å². The second-order valence-electron chi connectivity index (χ2n) is 4.61. The van der Waals surface area contributed by atoms with E-state index in [9.17, 15) is 10.1 Å². The number of pyridine rings is 1. The lowest BCUT2D eigenvalue weighted by Crippen LogP contribution is -2.14. The van der Waals surface area contributed by atoms with Crippen molar-refractivity contribution in [2.24, 2.45) is 7.05 Å². The van der Waals surface area contributed by atoms with Crippen molar-refractivity contribution in [1.29, 1.82) is 5.26 Å². The minimum absolute atomic E-state index is 0.192. The van der Waals surface area contributed by atoms with Crippen molar-refractivity contribution in [3.63, 3.8) is 0 Å². The molecule has 0 aliphatic heterocycles. The number of nitriles is 1. The molecule has 20 heavy (non-hydrogen) atoms. The van der Waals surface area contributed by atoms with Crippen LogP contribution in [0.5, 0.6) is 0 Å². The highest BCUT2D eigenvalue weighted by Crippen LogP contribution is 2.24. The molecule has 0 unspecified atom stereocenters. The minimum Gasteiger partial charge on any atom is -0.342 e. The molecule has 2 aromatic carbocycles. The lowest BCUT2D eigenvalue weighted by Gasteiger charge is -2.14. The molecule has 3 nitrogen and oxygen atoms in total. The van der Waals surface area contributed by atoms with Crippen LogP contribution in [0.15, 0.2) is 59.4 Å². The molecule has 3 heteroatoms. The fourth-order valence-corrected chi connectivity index (χ4v) is 2.53. The number of rotatable bonds is 1. The fourth-order valence-electron chi connectivity index (χ4n) is 2.53. The summed E-state index contributed by atoms with van der Waals surface area (Å²) in [6.45, 7) is 0. The maximum absolute atomic E-state index is 12.5. The SMILES string of the molecule is Cn1c(-c2ccccc2)c(C#N)c(=O)c2ccccc21. The highest BCUT2D eigenvalue weighted by Gasteiger charge is 2.15. The van der Waals surface area contributed by atoms with Crippen LogP contribution in [-0.4, -0.2) is 4.57 Å². The van der Waals surface area contributed by atoms with Gasteiger partial charge in [0.1, 0.15) is 11.6 Å². The molecule has 1 heterocycles. The van der Waals surface area contributed by atoms with E-state index >= 15 is 0 Å². The van der Waals surface area contributed by atoms with Crippen LogP contribution in [-0.2, 0) is 7.05 Å². The minimum atomic E-state index is -0.208. The van der Waals surface area contributed by atoms with Gasteiger partial charge in [0.05, 0.1) is 11.2 Å². The standard InChI is InChI=1S/C17H12N2O/c1-19-15-10-6-5-9-13(15)17(20)14(11-18)16(19)12-7-3-2-4-8-12/h2-10H,1H3. The van der Waals surface area contributed by atoms with Crippen LogP contribution in [0.3, 0.4) is 0 Å². The van der Waals surface area contributed by atoms with Gasteiger partial charge < -0.3 is 4.57 Å². The normalized spacial score (nSPS) is 10.4. The first kappa shape index (κ1) is 12.2. The van der Waals surface area contributed by atoms with Gasteiger partial charge in [-0.15, -0.1) is 0 Å². The van der Waals surface area contributed by atoms with E-state index in [4.69, 9.17) is 0 Å². The summed E-state index contributed by atoms with van der Waals surface area (Å²) in [4.78, 5) is 12.5. The van der Waals surface area contributed by atoms with E-state index in [0.717, 1.165) is 11.1 Å². The van der Waals surface area contributed by atoms with Crippen LogP contribution >= 0.6 is 0 Å². The Morgan fingerprint density at radius 3 is 2.35 bits per heavy atom. The molecule has 1 aromatic heterocycles. The van der Waals surface area contributed by atoms with Gasteiger partial charge in [0.25, 0.3) is 0 Å². The predicted octanol–water partition coefficient (Wildman–Crippen LogP) is 3.08. The number of benzene rings is 2. The summed E-state index contributed by atoms with van der Waals surface area (Å²) < 4.78 is 1.91. The number of para-hydroxylation sites is 1. The first-order valence-electron chi connectivity index (χ1n) is 6.31. The number of nitrogens with zero attached hydrogens (tertiary/aromatic N) is 2. The van der Waals surface area contributed by atoms with Crippen molar-refractivity contribution in [3.05, 3.63) is 70.4 Å². The third kappa shape index (κ3) is 1.70. The molecule has 0 aliphatic carbocycles. The van der Waals surface area contributed by atoms with Crippen molar-refractivity contribution in [3.8, 4) is 17.3 Å². The van der Waals surface area contributed by atoms with Gasteiger partial charge in [-0.05, 0) is 17.7 Å². The van der Waals surface area contributed by atoms with Gasteiger partial charge in [0.15, 0.2) is 0 Å². The molecule has 3 aromatic rings. The van der Waals surface area contributed by atoms with Crippen LogP contribution < -0.4 is 5.43 Å². The summed E-state index contributed by atoms with van der Waals surface area (Å²) in [6, 6.07) is 18.9. The van der Waals surface area contributed by atoms with E-state index in [1.54, 1.807) is 6.07 Å². The zero-order valence-corrected chi connectivity index (χ0v) is 11.0. The van der Waals surface area contributed by atoms with Gasteiger partial charge in [-0.1, -0.05) is 42.5 Å². The first-order chi connectivity index (χ1) is 9.74. The summed E-state index contributed by atoms with van der Waals surface area (Å²) in [5.74, 6) is 0. The Labute approximate surface area is 116 Å². The van der Waals surface area contributed by atoms with Crippen molar-refractivity contribution in [2.75, 3.05) is 0 Å². The third-order valence-corrected chi connectivity index (χ3v) is 3.47. The van der Waals surface area contributed by atoms with Gasteiger partial charge in [0.2, 0.25) is 5.43 Å². The zero-order chi connectivity index (χ0) is 14.1. The molecular weight excluding hydrogens is 248 g/mol. The maximum atomic E-state index is 12.5. The Bertz CT molecular complexity index is 886. The molecule has 3 rings (SSSR count). The largest absolute Gasteiger partial charge is 0.342 e. The Morgan fingerprint density at radius 1 is 1.00 bits per heavy atom. The summed E-state index contributed by atoms with van der Waals surface area (Å²) in [7, 11) is 1.88. The van der Waals surface area contributed by atoms with Gasteiger partial charge in [-0.3, -0.25) is 4.79 Å². The van der Waals surface area contributed by atoms with Gasteiger partial charge in [0, 0.05) is 12.4 Å². The zero-order valence-electron chi connectivity index (χ0n) is 11.0. The van der Waals surface area contributed by atoms with E-state index in [-0.39, 0.29) is 11.0 Å². The van der Waals surface area contributed by atoms with E-state index in [1.807, 2.05) is 60.1 Å². The second-order valence-corrected chi connectivity index (χ2v) is 4.61. The van der Waals surface area contributed by atoms with Crippen LogP contribution in [0.2, 0.25) is 0 Å². The van der Waals surface area contributed by atoms with Crippen molar-refractivity contribution in [2.45, 2.75) is 0 Å². The number of hydrogen-bond donors (Lipinski definition) is 0. The fraction of sp³-hybridized carbons (Fsp3) is 0.0588. The Balaban J connectivity index is 2.53. The number of hydrogen-bond acceptors (Lipinski definition) is 2. The molecule has 0 bridgehead atoms. The van der Waals surface area contributed by atoms with E-state index < -0.39 is 0 Å². The topological polar surface area (TPSA) is 45.8 Å². The summed E-state index contributed by atoms with van der Waals surface area (Å²) in [5.41, 5.74) is 2.35. The Hall–Kier alpha value is -2.86. The molecule has 0 amide bonds. The maximum Gasteiger partial charge on any atom is 0.207 e. The molecular formula is C17H12N2O. The lowest BCUT2D eigenvalue weighted by atomic mass is 10.0. The van der Waals surface area contributed by atoms with Crippen molar-refractivity contribution in [1.82, 2.24) is 4.57 Å². The quantitative estimate of drug-likeness (QED) is 0.675. The predicted molar refractivity (Wildman–Crippen MR) is 79.3 cm³/mol. The van der Waals surface area contributed by atoms with E-state index in [2.05, 4.69) is 6.07 Å². The molecule has 0 N–H and O–H groups in total. The number of fused-ring (bicyclic) bond motifs is 1. The number of aromatic nitrogens is 1. The lowest BCUT2D eigenvalue weighted by molar-refractivity contribution is 0.956. The van der Waals surface area contributed by atoms with Crippen LogP contribution in [0.1, 0.15) is 5.56 Å². The Kier molecular flexibility index (Phi) is 2.85. The highest BCUT2D eigenvalue weighted by atomic mass is 16.1. The number of aryl methyl sites for hydroxylation is 1. The molecule has 0 aliphatic rings. The molecule has 0 saturated heterocycles. The van der Waals surface area contributed by atoms with Crippen molar-refractivity contribution >= 4 is 10.9 Å². The highest BCUT2D eigenvalue weighted by molar-refractivity contribution is 5.85. The van der Waals surface area contributed by atoms with E-state index in [1.165, 1.54) is 0 Å². The van der Waals surface area contributed by atoms with E-state index in [0.29, 0.717) is 11.1 Å². The molecule has 0 fully saturated rings. The van der Waals surface area contributed by atoms with Crippen molar-refractivity contribution < 1.29 is 0 Å². The van der Waals surface area contributed by atoms with Crippen LogP contribution in [0, 0.1) is 11.3 Å². The average Bonchev–Trinajstić information content (AvgIpc) is 2.51. The summed E-state index contributed by atoms with van der Waals surface area (Å²) in [5, 5.41) is 9.96. The summed E-state index contributed by atoms with van der Waals surface area (Å²) in [6.07, 6.45) is 0.